The number of nitrogens with one attached hydrogen (secondary N) is 1. The number of hydrogen-bond acceptors (Lipinski definition) is 8. The van der Waals surface area contributed by atoms with E-state index in [9.17, 15) is 14.9 Å². The van der Waals surface area contributed by atoms with E-state index in [4.69, 9.17) is 18.9 Å². The number of hydrogen-bond donors (Lipinski definition) is 1. The first kappa shape index (κ1) is 25.0. The van der Waals surface area contributed by atoms with Crippen LogP contribution < -0.4 is 29.7 Å². The van der Waals surface area contributed by atoms with Crippen molar-refractivity contribution in [2.24, 2.45) is 0 Å². The minimum Gasteiger partial charge on any atom is -0.493 e. The van der Waals surface area contributed by atoms with Gasteiger partial charge >= 0.3 is 0 Å². The smallest absolute Gasteiger partial charge is 0.269 e. The van der Waals surface area contributed by atoms with Crippen LogP contribution in [0.15, 0.2) is 53.3 Å². The summed E-state index contributed by atoms with van der Waals surface area (Å²) in [6, 6.07) is 13.3. The highest BCUT2D eigenvalue weighted by atomic mass is 16.6. The summed E-state index contributed by atoms with van der Waals surface area (Å²) in [5.41, 5.74) is 4.16. The first-order valence-electron chi connectivity index (χ1n) is 11.4. The molecule has 1 atom stereocenters. The molecule has 36 heavy (non-hydrogen) atoms. The van der Waals surface area contributed by atoms with Crippen LogP contribution in [-0.2, 0) is 13.0 Å². The Balaban J connectivity index is 1.84. The van der Waals surface area contributed by atoms with Gasteiger partial charge in [-0.25, -0.2) is 0 Å². The monoisotopic (exact) mass is 492 g/mol. The van der Waals surface area contributed by atoms with Gasteiger partial charge in [-0.2, -0.15) is 0 Å². The molecule has 1 aliphatic rings. The van der Waals surface area contributed by atoms with Gasteiger partial charge in [0.15, 0.2) is 17.2 Å². The van der Waals surface area contributed by atoms with Crippen LogP contribution in [0.1, 0.15) is 29.2 Å². The summed E-state index contributed by atoms with van der Waals surface area (Å²) in [5.74, 6) is 1.80. The van der Waals surface area contributed by atoms with Crippen LogP contribution in [0.5, 0.6) is 23.0 Å². The molecule has 0 saturated carbocycles. The minimum atomic E-state index is -0.422. The predicted molar refractivity (Wildman–Crippen MR) is 135 cm³/mol. The Labute approximate surface area is 208 Å². The number of non-ortho nitro benzene ring substituents is 1. The molecule has 0 spiro atoms. The third-order valence-corrected chi connectivity index (χ3v) is 6.42. The standard InChI is InChI=1S/C27H28N2O7/c1-33-23-12-10-19-20(14-22(23)30)21(28-15-16-5-8-18(9-6-16)29(31)32)11-7-17-13-24(34-2)26(35-3)27(36-4)25(17)19/h5-6,8-10,12-14,21,28H,7,11,15H2,1-4H3/t21-/m0/s1. The fourth-order valence-corrected chi connectivity index (χ4v) is 4.66. The number of rotatable bonds is 8. The second kappa shape index (κ2) is 10.7. The van der Waals surface area contributed by atoms with Crippen molar-refractivity contribution >= 4 is 5.69 Å². The van der Waals surface area contributed by atoms with Crippen molar-refractivity contribution in [2.45, 2.75) is 25.4 Å². The molecule has 0 unspecified atom stereocenters. The molecule has 188 valence electrons. The Morgan fingerprint density at radius 2 is 1.61 bits per heavy atom. The third kappa shape index (κ3) is 4.70. The van der Waals surface area contributed by atoms with E-state index in [0.717, 1.165) is 27.8 Å². The van der Waals surface area contributed by atoms with Crippen LogP contribution in [0.3, 0.4) is 0 Å². The Kier molecular flexibility index (Phi) is 7.40. The molecule has 0 aromatic heterocycles. The fourth-order valence-electron chi connectivity index (χ4n) is 4.66. The van der Waals surface area contributed by atoms with Gasteiger partial charge in [0.1, 0.15) is 0 Å². The summed E-state index contributed by atoms with van der Waals surface area (Å²) in [6.45, 7) is 0.464. The highest BCUT2D eigenvalue weighted by Crippen LogP contribution is 2.50. The lowest BCUT2D eigenvalue weighted by Gasteiger charge is -2.20. The van der Waals surface area contributed by atoms with Gasteiger partial charge in [-0.05, 0) is 53.3 Å². The van der Waals surface area contributed by atoms with Gasteiger partial charge in [0.05, 0.1) is 33.4 Å². The molecule has 0 saturated heterocycles. The number of methoxy groups -OCH3 is 4. The minimum absolute atomic E-state index is 0.0408. The van der Waals surface area contributed by atoms with E-state index in [2.05, 4.69) is 5.32 Å². The first-order valence-corrected chi connectivity index (χ1v) is 11.4. The van der Waals surface area contributed by atoms with Crippen LogP contribution in [0, 0.1) is 10.1 Å². The number of aryl methyl sites for hydroxylation is 1. The highest BCUT2D eigenvalue weighted by molar-refractivity contribution is 5.82. The summed E-state index contributed by atoms with van der Waals surface area (Å²) in [5, 5.41) is 14.5. The Morgan fingerprint density at radius 3 is 2.22 bits per heavy atom. The Morgan fingerprint density at radius 1 is 0.917 bits per heavy atom. The highest BCUT2D eigenvalue weighted by Gasteiger charge is 2.29. The molecule has 0 radical (unpaired) electrons. The SMILES string of the molecule is COc1cc2c(c(OC)c1OC)-c1ccc(OC)c(=O)cc1[C@@H](NCc1ccc([N+](=O)[O-])cc1)CC2. The zero-order valence-corrected chi connectivity index (χ0v) is 20.6. The molecule has 1 aliphatic carbocycles. The molecular weight excluding hydrogens is 464 g/mol. The topological polar surface area (TPSA) is 109 Å². The molecule has 9 nitrogen and oxygen atoms in total. The van der Waals surface area contributed by atoms with Crippen LogP contribution >= 0.6 is 0 Å². The van der Waals surface area contributed by atoms with Crippen molar-refractivity contribution < 1.29 is 23.9 Å². The number of benzene rings is 2. The molecule has 4 rings (SSSR count). The van der Waals surface area contributed by atoms with Crippen LogP contribution in [0.4, 0.5) is 5.69 Å². The van der Waals surface area contributed by atoms with Crippen molar-refractivity contribution in [1.29, 1.82) is 0 Å². The number of ether oxygens (including phenoxy) is 4. The largest absolute Gasteiger partial charge is 0.493 e. The third-order valence-electron chi connectivity index (χ3n) is 6.42. The van der Waals surface area contributed by atoms with Gasteiger partial charge in [0, 0.05) is 30.3 Å². The van der Waals surface area contributed by atoms with E-state index in [0.29, 0.717) is 36.6 Å². The van der Waals surface area contributed by atoms with E-state index in [1.54, 1.807) is 45.6 Å². The average molecular weight is 493 g/mol. The molecule has 0 aliphatic heterocycles. The Hall–Kier alpha value is -4.11. The average Bonchev–Trinajstić information content (AvgIpc) is 3.14. The molecule has 0 amide bonds. The maximum atomic E-state index is 13.0. The quantitative estimate of drug-likeness (QED) is 0.363. The van der Waals surface area contributed by atoms with Gasteiger partial charge in [0.25, 0.3) is 5.69 Å². The van der Waals surface area contributed by atoms with E-state index in [1.165, 1.54) is 19.2 Å². The lowest BCUT2D eigenvalue weighted by molar-refractivity contribution is -0.384. The maximum absolute atomic E-state index is 13.0. The summed E-state index contributed by atoms with van der Waals surface area (Å²) >= 11 is 0. The lowest BCUT2D eigenvalue weighted by atomic mass is 9.95. The molecule has 0 fully saturated rings. The number of fused-ring (bicyclic) bond motifs is 3. The maximum Gasteiger partial charge on any atom is 0.269 e. The summed E-state index contributed by atoms with van der Waals surface area (Å²) in [7, 11) is 6.18. The Bertz CT molecular complexity index is 1340. The van der Waals surface area contributed by atoms with Crippen molar-refractivity contribution in [3.05, 3.63) is 85.6 Å². The predicted octanol–water partition coefficient (Wildman–Crippen LogP) is 4.43. The summed E-state index contributed by atoms with van der Waals surface area (Å²) in [6.07, 6.45) is 1.38. The van der Waals surface area contributed by atoms with E-state index >= 15 is 0 Å². The second-order valence-corrected chi connectivity index (χ2v) is 8.35. The first-order chi connectivity index (χ1) is 17.4. The van der Waals surface area contributed by atoms with Crippen LogP contribution in [-0.4, -0.2) is 33.4 Å². The van der Waals surface area contributed by atoms with E-state index < -0.39 is 4.92 Å². The van der Waals surface area contributed by atoms with Gasteiger partial charge in [0.2, 0.25) is 11.2 Å². The normalized spacial score (nSPS) is 14.2. The van der Waals surface area contributed by atoms with Gasteiger partial charge in [-0.3, -0.25) is 14.9 Å². The van der Waals surface area contributed by atoms with Crippen molar-refractivity contribution in [1.82, 2.24) is 5.32 Å². The molecule has 3 aromatic carbocycles. The summed E-state index contributed by atoms with van der Waals surface area (Å²) in [4.78, 5) is 23.5. The second-order valence-electron chi connectivity index (χ2n) is 8.35. The molecule has 3 aromatic rings. The van der Waals surface area contributed by atoms with Gasteiger partial charge in [-0.15, -0.1) is 0 Å². The molecular formula is C27H28N2O7. The number of nitro benzene ring substituents is 1. The molecule has 0 heterocycles. The van der Waals surface area contributed by atoms with Gasteiger partial charge in [-0.1, -0.05) is 18.2 Å². The number of nitrogens with zero attached hydrogens (tertiary/aromatic N) is 1. The zero-order valence-electron chi connectivity index (χ0n) is 20.6. The number of nitro groups is 1. The fraction of sp³-hybridized carbons (Fsp3) is 0.296. The molecule has 0 bridgehead atoms. The zero-order chi connectivity index (χ0) is 25.8. The molecule has 1 N–H and O–H groups in total. The van der Waals surface area contributed by atoms with E-state index in [1.807, 2.05) is 12.1 Å². The van der Waals surface area contributed by atoms with Crippen molar-refractivity contribution in [3.8, 4) is 34.1 Å². The van der Waals surface area contributed by atoms with Gasteiger partial charge < -0.3 is 24.3 Å². The lowest BCUT2D eigenvalue weighted by Crippen LogP contribution is -2.22. The van der Waals surface area contributed by atoms with Crippen molar-refractivity contribution in [2.75, 3.05) is 28.4 Å². The molecule has 9 heteroatoms. The van der Waals surface area contributed by atoms with Crippen LogP contribution in [0.2, 0.25) is 0 Å². The van der Waals surface area contributed by atoms with Crippen LogP contribution in [0.25, 0.3) is 11.1 Å². The summed E-state index contributed by atoms with van der Waals surface area (Å²) < 4.78 is 22.3. The van der Waals surface area contributed by atoms with E-state index in [-0.39, 0.29) is 22.9 Å². The van der Waals surface area contributed by atoms with Crippen molar-refractivity contribution in [3.63, 3.8) is 0 Å².